The number of rotatable bonds is 6. The molecular weight excluding hydrogens is 240 g/mol. The van der Waals surface area contributed by atoms with Crippen LogP contribution in [0.3, 0.4) is 0 Å². The smallest absolute Gasteiger partial charge is 0.234 e. The van der Waals surface area contributed by atoms with E-state index in [2.05, 4.69) is 10.3 Å². The molecule has 0 saturated heterocycles. The summed E-state index contributed by atoms with van der Waals surface area (Å²) < 4.78 is 0. The van der Waals surface area contributed by atoms with E-state index < -0.39 is 0 Å². The summed E-state index contributed by atoms with van der Waals surface area (Å²) in [6.07, 6.45) is 3.49. The topological polar surface area (TPSA) is 71.2 Å². The minimum atomic E-state index is -0.0701. The number of hydrogen-bond acceptors (Lipinski definition) is 4. The van der Waals surface area contributed by atoms with Gasteiger partial charge in [0.05, 0.1) is 6.54 Å². The highest BCUT2D eigenvalue weighted by Gasteiger charge is 2.22. The van der Waals surface area contributed by atoms with E-state index >= 15 is 0 Å². The molecule has 0 fully saturated rings. The molecule has 5 nitrogen and oxygen atoms in total. The van der Waals surface area contributed by atoms with Crippen molar-refractivity contribution in [2.24, 2.45) is 5.73 Å². The molecule has 1 rings (SSSR count). The van der Waals surface area contributed by atoms with Crippen LogP contribution in [0, 0.1) is 0 Å². The first-order chi connectivity index (χ1) is 8.91. The van der Waals surface area contributed by atoms with Crippen LogP contribution in [-0.2, 0) is 4.79 Å². The average molecular weight is 264 g/mol. The standard InChI is InChI=1S/C14H24N4O/c1-10(2)17-13(19)9-18(4)14(11(3)15)12-5-7-16-8-6-12/h5-8,10-11,14H,9,15H2,1-4H3,(H,17,19). The third-order valence-corrected chi connectivity index (χ3v) is 2.86. The Labute approximate surface area is 115 Å². The third kappa shape index (κ3) is 4.96. The highest BCUT2D eigenvalue weighted by Crippen LogP contribution is 2.21. The highest BCUT2D eigenvalue weighted by molar-refractivity contribution is 5.78. The zero-order valence-electron chi connectivity index (χ0n) is 12.1. The van der Waals surface area contributed by atoms with Gasteiger partial charge in [-0.15, -0.1) is 0 Å². The van der Waals surface area contributed by atoms with E-state index in [4.69, 9.17) is 5.73 Å². The molecule has 1 aromatic heterocycles. The van der Waals surface area contributed by atoms with Gasteiger partial charge in [0.2, 0.25) is 5.91 Å². The maximum atomic E-state index is 11.8. The second-order valence-electron chi connectivity index (χ2n) is 5.22. The Balaban J connectivity index is 2.75. The van der Waals surface area contributed by atoms with Crippen molar-refractivity contribution < 1.29 is 4.79 Å². The highest BCUT2D eigenvalue weighted by atomic mass is 16.2. The molecular formula is C14H24N4O. The monoisotopic (exact) mass is 264 g/mol. The number of carbonyl (C=O) groups is 1. The van der Waals surface area contributed by atoms with E-state index in [1.54, 1.807) is 12.4 Å². The second kappa shape index (κ2) is 7.21. The van der Waals surface area contributed by atoms with Gasteiger partial charge in [0, 0.05) is 30.5 Å². The molecule has 0 aromatic carbocycles. The summed E-state index contributed by atoms with van der Waals surface area (Å²) in [5.41, 5.74) is 7.13. The summed E-state index contributed by atoms with van der Waals surface area (Å²) in [6.45, 7) is 6.17. The van der Waals surface area contributed by atoms with Crippen LogP contribution in [0.15, 0.2) is 24.5 Å². The Kier molecular flexibility index (Phi) is 5.92. The van der Waals surface area contributed by atoms with Gasteiger partial charge in [-0.2, -0.15) is 0 Å². The first-order valence-corrected chi connectivity index (χ1v) is 6.57. The average Bonchev–Trinajstić information content (AvgIpc) is 2.28. The van der Waals surface area contributed by atoms with Crippen molar-refractivity contribution in [3.63, 3.8) is 0 Å². The number of nitrogens with zero attached hydrogens (tertiary/aromatic N) is 2. The number of likely N-dealkylation sites (N-methyl/N-ethyl adjacent to an activating group) is 1. The molecule has 0 aliphatic carbocycles. The van der Waals surface area contributed by atoms with Crippen molar-refractivity contribution in [3.8, 4) is 0 Å². The quantitative estimate of drug-likeness (QED) is 0.801. The van der Waals surface area contributed by atoms with Gasteiger partial charge in [0.15, 0.2) is 0 Å². The molecule has 1 aromatic rings. The lowest BCUT2D eigenvalue weighted by Gasteiger charge is -2.31. The van der Waals surface area contributed by atoms with Crippen molar-refractivity contribution in [3.05, 3.63) is 30.1 Å². The van der Waals surface area contributed by atoms with Gasteiger partial charge in [-0.25, -0.2) is 0 Å². The van der Waals surface area contributed by atoms with Gasteiger partial charge in [0.1, 0.15) is 0 Å². The van der Waals surface area contributed by atoms with Crippen LogP contribution >= 0.6 is 0 Å². The van der Waals surface area contributed by atoms with Gasteiger partial charge in [-0.05, 0) is 45.5 Å². The summed E-state index contributed by atoms with van der Waals surface area (Å²) >= 11 is 0. The van der Waals surface area contributed by atoms with E-state index in [1.165, 1.54) is 0 Å². The zero-order chi connectivity index (χ0) is 14.4. The Hall–Kier alpha value is -1.46. The van der Waals surface area contributed by atoms with Crippen LogP contribution in [-0.4, -0.2) is 41.5 Å². The molecule has 5 heteroatoms. The fourth-order valence-electron chi connectivity index (χ4n) is 2.21. The van der Waals surface area contributed by atoms with Crippen molar-refractivity contribution in [1.29, 1.82) is 0 Å². The largest absolute Gasteiger partial charge is 0.353 e. The lowest BCUT2D eigenvalue weighted by molar-refractivity contribution is -0.123. The molecule has 0 aliphatic rings. The van der Waals surface area contributed by atoms with Crippen LogP contribution in [0.5, 0.6) is 0 Å². The Morgan fingerprint density at radius 1 is 1.37 bits per heavy atom. The van der Waals surface area contributed by atoms with Gasteiger partial charge >= 0.3 is 0 Å². The molecule has 1 amide bonds. The fourth-order valence-corrected chi connectivity index (χ4v) is 2.21. The molecule has 0 spiro atoms. The predicted octanol–water partition coefficient (Wildman–Crippen LogP) is 0.926. The van der Waals surface area contributed by atoms with Gasteiger partial charge < -0.3 is 11.1 Å². The molecule has 1 heterocycles. The van der Waals surface area contributed by atoms with Crippen molar-refractivity contribution >= 4 is 5.91 Å². The summed E-state index contributed by atoms with van der Waals surface area (Å²) in [4.78, 5) is 17.8. The zero-order valence-corrected chi connectivity index (χ0v) is 12.1. The van der Waals surface area contributed by atoms with Crippen LogP contribution in [0.4, 0.5) is 0 Å². The minimum Gasteiger partial charge on any atom is -0.353 e. The molecule has 0 radical (unpaired) electrons. The molecule has 19 heavy (non-hydrogen) atoms. The van der Waals surface area contributed by atoms with E-state index in [1.807, 2.05) is 44.9 Å². The van der Waals surface area contributed by atoms with E-state index in [0.29, 0.717) is 6.54 Å². The molecule has 2 atom stereocenters. The predicted molar refractivity (Wildman–Crippen MR) is 76.5 cm³/mol. The number of amides is 1. The number of aromatic nitrogens is 1. The lowest BCUT2D eigenvalue weighted by atomic mass is 10.0. The van der Waals surface area contributed by atoms with Crippen LogP contribution < -0.4 is 11.1 Å². The fraction of sp³-hybridized carbons (Fsp3) is 0.571. The van der Waals surface area contributed by atoms with Crippen LogP contribution in [0.25, 0.3) is 0 Å². The van der Waals surface area contributed by atoms with E-state index in [0.717, 1.165) is 5.56 Å². The molecule has 3 N–H and O–H groups in total. The summed E-state index contributed by atoms with van der Waals surface area (Å²) in [5, 5.41) is 2.89. The molecule has 0 bridgehead atoms. The molecule has 106 valence electrons. The molecule has 2 unspecified atom stereocenters. The number of carbonyl (C=O) groups excluding carboxylic acids is 1. The van der Waals surface area contributed by atoms with Crippen molar-refractivity contribution in [1.82, 2.24) is 15.2 Å². The van der Waals surface area contributed by atoms with Gasteiger partial charge in [-0.3, -0.25) is 14.7 Å². The maximum absolute atomic E-state index is 11.8. The second-order valence-corrected chi connectivity index (χ2v) is 5.22. The van der Waals surface area contributed by atoms with Gasteiger partial charge in [-0.1, -0.05) is 0 Å². The minimum absolute atomic E-state index is 0.000845. The Bertz CT molecular complexity index is 392. The van der Waals surface area contributed by atoms with E-state index in [-0.39, 0.29) is 24.0 Å². The Morgan fingerprint density at radius 3 is 2.42 bits per heavy atom. The molecule has 0 aliphatic heterocycles. The SMILES string of the molecule is CC(C)NC(=O)CN(C)C(c1ccncc1)C(C)N. The number of hydrogen-bond donors (Lipinski definition) is 2. The van der Waals surface area contributed by atoms with Crippen LogP contribution in [0.1, 0.15) is 32.4 Å². The summed E-state index contributed by atoms with van der Waals surface area (Å²) in [5.74, 6) is 0.0113. The first kappa shape index (κ1) is 15.6. The Morgan fingerprint density at radius 2 is 1.95 bits per heavy atom. The number of pyridine rings is 1. The van der Waals surface area contributed by atoms with Gasteiger partial charge in [0.25, 0.3) is 0 Å². The number of nitrogens with two attached hydrogens (primary N) is 1. The summed E-state index contributed by atoms with van der Waals surface area (Å²) in [6, 6.07) is 3.95. The van der Waals surface area contributed by atoms with Crippen LogP contribution in [0.2, 0.25) is 0 Å². The first-order valence-electron chi connectivity index (χ1n) is 6.57. The van der Waals surface area contributed by atoms with Crippen molar-refractivity contribution in [2.75, 3.05) is 13.6 Å². The number of nitrogens with one attached hydrogen (secondary N) is 1. The van der Waals surface area contributed by atoms with E-state index in [9.17, 15) is 4.79 Å². The maximum Gasteiger partial charge on any atom is 0.234 e. The normalized spacial score (nSPS) is 14.5. The third-order valence-electron chi connectivity index (χ3n) is 2.86. The molecule has 0 saturated carbocycles. The van der Waals surface area contributed by atoms with Crippen molar-refractivity contribution in [2.45, 2.75) is 38.9 Å². The summed E-state index contributed by atoms with van der Waals surface area (Å²) in [7, 11) is 1.91. The lowest BCUT2D eigenvalue weighted by Crippen LogP contribution is -2.44.